The Morgan fingerprint density at radius 1 is 1.25 bits per heavy atom. The van der Waals surface area contributed by atoms with Gasteiger partial charge in [0.2, 0.25) is 5.91 Å². The summed E-state index contributed by atoms with van der Waals surface area (Å²) in [7, 11) is 0. The van der Waals surface area contributed by atoms with Crippen molar-refractivity contribution < 1.29 is 9.59 Å². The number of benzene rings is 1. The van der Waals surface area contributed by atoms with Crippen LogP contribution in [0.25, 0.3) is 0 Å². The van der Waals surface area contributed by atoms with Crippen molar-refractivity contribution >= 4 is 40.6 Å². The van der Waals surface area contributed by atoms with Crippen molar-refractivity contribution in [2.45, 2.75) is 13.3 Å². The lowest BCUT2D eigenvalue weighted by Gasteiger charge is -2.06. The average molecular weight is 346 g/mol. The number of hydrogen-bond donors (Lipinski definition) is 3. The maximum Gasteiger partial charge on any atom is 0.273 e. The lowest BCUT2D eigenvalue weighted by Crippen LogP contribution is -2.22. The quantitative estimate of drug-likeness (QED) is 0.439. The van der Waals surface area contributed by atoms with Crippen molar-refractivity contribution in [1.29, 1.82) is 0 Å². The fourth-order valence-electron chi connectivity index (χ4n) is 1.82. The Bertz CT molecular complexity index is 774. The van der Waals surface area contributed by atoms with Crippen LogP contribution in [-0.2, 0) is 4.79 Å². The van der Waals surface area contributed by atoms with Gasteiger partial charge in [-0.2, -0.15) is 5.10 Å². The SMILES string of the molecule is C/C(CC(=O)Nc1ccc(Cl)cn1)=N\NC(=O)c1ccccc1N. The van der Waals surface area contributed by atoms with Gasteiger partial charge in [0.1, 0.15) is 5.82 Å². The van der Waals surface area contributed by atoms with Gasteiger partial charge in [-0.1, -0.05) is 23.7 Å². The molecule has 0 aliphatic heterocycles. The van der Waals surface area contributed by atoms with E-state index in [-0.39, 0.29) is 12.3 Å². The average Bonchev–Trinajstić information content (AvgIpc) is 2.55. The fourth-order valence-corrected chi connectivity index (χ4v) is 1.93. The monoisotopic (exact) mass is 345 g/mol. The van der Waals surface area contributed by atoms with Gasteiger partial charge < -0.3 is 11.1 Å². The second-order valence-electron chi connectivity index (χ2n) is 4.96. The number of anilines is 2. The van der Waals surface area contributed by atoms with E-state index in [0.717, 1.165) is 0 Å². The van der Waals surface area contributed by atoms with Crippen molar-refractivity contribution in [1.82, 2.24) is 10.4 Å². The van der Waals surface area contributed by atoms with Gasteiger partial charge >= 0.3 is 0 Å². The molecule has 2 aromatic rings. The second kappa shape index (κ2) is 8.07. The third-order valence-electron chi connectivity index (χ3n) is 2.96. The first-order valence-corrected chi connectivity index (χ1v) is 7.43. The van der Waals surface area contributed by atoms with Crippen LogP contribution >= 0.6 is 11.6 Å². The molecule has 24 heavy (non-hydrogen) atoms. The molecule has 1 aromatic carbocycles. The van der Waals surface area contributed by atoms with Crippen molar-refractivity contribution in [2.24, 2.45) is 5.10 Å². The first kappa shape index (κ1) is 17.4. The van der Waals surface area contributed by atoms with E-state index < -0.39 is 5.91 Å². The summed E-state index contributed by atoms with van der Waals surface area (Å²) in [5.74, 6) is -0.356. The number of nitrogen functional groups attached to an aromatic ring is 1. The summed E-state index contributed by atoms with van der Waals surface area (Å²) in [6.07, 6.45) is 1.44. The van der Waals surface area contributed by atoms with Gasteiger partial charge in [0.15, 0.2) is 0 Å². The molecule has 0 saturated heterocycles. The predicted octanol–water partition coefficient (Wildman–Crippen LogP) is 2.45. The number of aromatic nitrogens is 1. The molecule has 124 valence electrons. The van der Waals surface area contributed by atoms with E-state index in [0.29, 0.717) is 27.8 Å². The van der Waals surface area contributed by atoms with Crippen molar-refractivity contribution in [3.63, 3.8) is 0 Å². The van der Waals surface area contributed by atoms with Gasteiger partial charge in [0, 0.05) is 17.6 Å². The zero-order chi connectivity index (χ0) is 17.5. The molecular formula is C16H16ClN5O2. The largest absolute Gasteiger partial charge is 0.398 e. The zero-order valence-corrected chi connectivity index (χ0v) is 13.7. The highest BCUT2D eigenvalue weighted by Crippen LogP contribution is 2.11. The summed E-state index contributed by atoms with van der Waals surface area (Å²) < 4.78 is 0. The van der Waals surface area contributed by atoms with Crippen LogP contribution in [0.15, 0.2) is 47.7 Å². The number of nitrogens with two attached hydrogens (primary N) is 1. The third-order valence-corrected chi connectivity index (χ3v) is 3.19. The molecule has 4 N–H and O–H groups in total. The van der Waals surface area contributed by atoms with Gasteiger partial charge in [-0.15, -0.1) is 0 Å². The summed E-state index contributed by atoms with van der Waals surface area (Å²) >= 11 is 5.72. The molecule has 1 heterocycles. The van der Waals surface area contributed by atoms with E-state index in [1.807, 2.05) is 0 Å². The molecule has 2 rings (SSSR count). The molecule has 0 aliphatic carbocycles. The first-order chi connectivity index (χ1) is 11.5. The first-order valence-electron chi connectivity index (χ1n) is 7.05. The minimum absolute atomic E-state index is 0.00879. The third kappa shape index (κ3) is 5.06. The summed E-state index contributed by atoms with van der Waals surface area (Å²) in [5.41, 5.74) is 9.20. The Morgan fingerprint density at radius 3 is 2.67 bits per heavy atom. The van der Waals surface area contributed by atoms with E-state index in [4.69, 9.17) is 17.3 Å². The number of para-hydroxylation sites is 1. The lowest BCUT2D eigenvalue weighted by atomic mass is 10.2. The maximum absolute atomic E-state index is 12.0. The summed E-state index contributed by atoms with van der Waals surface area (Å²) in [4.78, 5) is 27.8. The van der Waals surface area contributed by atoms with Crippen molar-refractivity contribution in [3.05, 3.63) is 53.2 Å². The molecule has 0 spiro atoms. The number of hydrogen-bond acceptors (Lipinski definition) is 5. The molecule has 0 bridgehead atoms. The normalized spacial score (nSPS) is 11.0. The Kier molecular flexibility index (Phi) is 5.86. The molecule has 0 aliphatic rings. The highest BCUT2D eigenvalue weighted by atomic mass is 35.5. The van der Waals surface area contributed by atoms with Gasteiger partial charge in [-0.25, -0.2) is 10.4 Å². The molecule has 2 amide bonds. The zero-order valence-electron chi connectivity index (χ0n) is 12.9. The highest BCUT2D eigenvalue weighted by Gasteiger charge is 2.09. The molecule has 1 aromatic heterocycles. The number of hydrazone groups is 1. The minimum atomic E-state index is -0.438. The van der Waals surface area contributed by atoms with Gasteiger partial charge in [0.05, 0.1) is 17.0 Å². The van der Waals surface area contributed by atoms with Crippen LogP contribution in [0.2, 0.25) is 5.02 Å². The van der Waals surface area contributed by atoms with Crippen LogP contribution in [0.4, 0.5) is 11.5 Å². The molecule has 0 fully saturated rings. The van der Waals surface area contributed by atoms with E-state index in [9.17, 15) is 9.59 Å². The van der Waals surface area contributed by atoms with Crippen LogP contribution < -0.4 is 16.5 Å². The predicted molar refractivity (Wildman–Crippen MR) is 93.9 cm³/mol. The lowest BCUT2D eigenvalue weighted by molar-refractivity contribution is -0.115. The number of nitrogens with zero attached hydrogens (tertiary/aromatic N) is 2. The van der Waals surface area contributed by atoms with Crippen LogP contribution in [0.5, 0.6) is 0 Å². The minimum Gasteiger partial charge on any atom is -0.398 e. The van der Waals surface area contributed by atoms with Crippen molar-refractivity contribution in [2.75, 3.05) is 11.1 Å². The number of rotatable bonds is 5. The molecule has 0 unspecified atom stereocenters. The number of nitrogens with one attached hydrogen (secondary N) is 2. The highest BCUT2D eigenvalue weighted by molar-refractivity contribution is 6.30. The van der Waals surface area contributed by atoms with Gasteiger partial charge in [-0.05, 0) is 31.2 Å². The van der Waals surface area contributed by atoms with Crippen LogP contribution in [0.3, 0.4) is 0 Å². The molecule has 8 heteroatoms. The van der Waals surface area contributed by atoms with E-state index >= 15 is 0 Å². The van der Waals surface area contributed by atoms with E-state index in [2.05, 4.69) is 20.8 Å². The number of amides is 2. The van der Waals surface area contributed by atoms with E-state index in [1.165, 1.54) is 6.20 Å². The van der Waals surface area contributed by atoms with Gasteiger partial charge in [-0.3, -0.25) is 9.59 Å². The molecule has 0 atom stereocenters. The molecule has 0 saturated carbocycles. The Labute approximate surface area is 143 Å². The maximum atomic E-state index is 12.0. The van der Waals surface area contributed by atoms with E-state index in [1.54, 1.807) is 43.3 Å². The fraction of sp³-hybridized carbons (Fsp3) is 0.125. The molecular weight excluding hydrogens is 330 g/mol. The standard InChI is InChI=1S/C16H16ClN5O2/c1-10(8-15(23)20-14-7-6-11(17)9-19-14)21-22-16(24)12-4-2-3-5-13(12)18/h2-7,9H,8,18H2,1H3,(H,22,24)(H,19,20,23)/b21-10+. The smallest absolute Gasteiger partial charge is 0.273 e. The number of halogens is 1. The summed E-state index contributed by atoms with van der Waals surface area (Å²) in [6, 6.07) is 9.86. The Hall–Kier alpha value is -2.93. The Morgan fingerprint density at radius 2 is 2.00 bits per heavy atom. The van der Waals surface area contributed by atoms with Crippen LogP contribution in [0.1, 0.15) is 23.7 Å². The number of carbonyl (C=O) groups excluding carboxylic acids is 2. The summed E-state index contributed by atoms with van der Waals surface area (Å²) in [6.45, 7) is 1.63. The second-order valence-corrected chi connectivity index (χ2v) is 5.40. The van der Waals surface area contributed by atoms with Crippen LogP contribution in [0, 0.1) is 0 Å². The van der Waals surface area contributed by atoms with Crippen molar-refractivity contribution in [3.8, 4) is 0 Å². The number of carbonyl (C=O) groups is 2. The molecule has 0 radical (unpaired) electrons. The van der Waals surface area contributed by atoms with Crippen LogP contribution in [-0.4, -0.2) is 22.5 Å². The molecule has 7 nitrogen and oxygen atoms in total. The number of pyridine rings is 1. The Balaban J connectivity index is 1.89. The topological polar surface area (TPSA) is 109 Å². The summed E-state index contributed by atoms with van der Waals surface area (Å²) in [5, 5.41) is 6.98. The van der Waals surface area contributed by atoms with Gasteiger partial charge in [0.25, 0.3) is 5.91 Å².